The molecular formula is C59H94N7O18P3S-4. The molecule has 2 amide bonds. The van der Waals surface area contributed by atoms with Crippen LogP contribution in [-0.4, -0.2) is 109 Å². The lowest BCUT2D eigenvalue weighted by Crippen LogP contribution is -2.46. The van der Waals surface area contributed by atoms with Crippen LogP contribution in [0, 0.1) is 5.41 Å². The number of phosphoric ester groups is 3. The molecule has 1 aliphatic rings. The zero-order chi connectivity index (χ0) is 64.7. The number of ketones is 1. The fraction of sp³-hybridized carbons (Fsp3) is 0.678. The summed E-state index contributed by atoms with van der Waals surface area (Å²) in [5.74, 6) is -1.51. The van der Waals surface area contributed by atoms with Crippen molar-refractivity contribution in [3.05, 3.63) is 73.4 Å². The number of imidazole rings is 1. The van der Waals surface area contributed by atoms with Gasteiger partial charge in [0.05, 0.1) is 33.8 Å². The van der Waals surface area contributed by atoms with E-state index in [9.17, 15) is 62.7 Å². The SMILES string of the molecule is CC/C=C\C/C=C\C/C=C\C/C=C\C/C=C\CCCCCCCCCCCCCCCCCCCC(=O)CC(=O)SCCNC(=O)CCNC(=O)[C@H](O)C(C)(C)COP(=O)([O-])OP(=O)([O-])OC[C@H]1O[C@@H](n2cnc3c(N)ncnc32)[C@H](O)[C@@H]1OP(=O)([O-])[O-]. The number of rotatable bonds is 50. The largest absolute Gasteiger partial charge is 0.790 e. The van der Waals surface area contributed by atoms with Crippen molar-refractivity contribution in [1.29, 1.82) is 0 Å². The van der Waals surface area contributed by atoms with Gasteiger partial charge in [0.1, 0.15) is 42.0 Å². The molecule has 88 heavy (non-hydrogen) atoms. The minimum atomic E-state index is -5.94. The van der Waals surface area contributed by atoms with Crippen molar-refractivity contribution in [2.45, 2.75) is 218 Å². The summed E-state index contributed by atoms with van der Waals surface area (Å²) in [6, 6.07) is 0. The van der Waals surface area contributed by atoms with E-state index in [1.807, 2.05) is 0 Å². The van der Waals surface area contributed by atoms with Gasteiger partial charge in [0, 0.05) is 37.1 Å². The molecule has 2 aromatic heterocycles. The highest BCUT2D eigenvalue weighted by Gasteiger charge is 2.47. The van der Waals surface area contributed by atoms with E-state index in [1.54, 1.807) is 0 Å². The maximum Gasteiger partial charge on any atom is 0.274 e. The van der Waals surface area contributed by atoms with Gasteiger partial charge >= 0.3 is 0 Å². The first kappa shape index (κ1) is 78.2. The molecule has 0 bridgehead atoms. The Morgan fingerprint density at radius 1 is 0.727 bits per heavy atom. The fourth-order valence-electron chi connectivity index (χ4n) is 9.18. The van der Waals surface area contributed by atoms with Gasteiger partial charge in [0.15, 0.2) is 22.8 Å². The van der Waals surface area contributed by atoms with Crippen LogP contribution in [0.5, 0.6) is 0 Å². The summed E-state index contributed by atoms with van der Waals surface area (Å²) in [4.78, 5) is 110. The average molecular weight is 1310 g/mol. The van der Waals surface area contributed by atoms with Gasteiger partial charge < -0.3 is 69.0 Å². The summed E-state index contributed by atoms with van der Waals surface area (Å²) >= 11 is 0.932. The van der Waals surface area contributed by atoms with Crippen molar-refractivity contribution in [3.8, 4) is 0 Å². The van der Waals surface area contributed by atoms with E-state index in [0.717, 1.165) is 86.8 Å². The molecule has 0 aromatic carbocycles. The molecule has 3 heterocycles. The molecule has 3 rings (SSSR count). The van der Waals surface area contributed by atoms with Gasteiger partial charge in [-0.1, -0.05) is 190 Å². The number of unbranched alkanes of at least 4 members (excludes halogenated alkanes) is 17. The van der Waals surface area contributed by atoms with E-state index in [0.29, 0.717) is 6.42 Å². The summed E-state index contributed by atoms with van der Waals surface area (Å²) in [5, 5.41) is 26.1. The van der Waals surface area contributed by atoms with Crippen LogP contribution in [0.15, 0.2) is 73.4 Å². The van der Waals surface area contributed by atoms with Crippen molar-refractivity contribution in [1.82, 2.24) is 30.2 Å². The maximum atomic E-state index is 12.7. The summed E-state index contributed by atoms with van der Waals surface area (Å²) in [6.45, 7) is 2.09. The number of nitrogens with zero attached hydrogens (tertiary/aromatic N) is 4. The van der Waals surface area contributed by atoms with Gasteiger partial charge in [-0.15, -0.1) is 0 Å². The number of aromatic nitrogens is 4. The minimum absolute atomic E-state index is 0.0258. The number of allylic oxidation sites excluding steroid dienone is 10. The van der Waals surface area contributed by atoms with Crippen molar-refractivity contribution in [3.63, 3.8) is 0 Å². The Labute approximate surface area is 523 Å². The maximum absolute atomic E-state index is 12.7. The molecule has 0 spiro atoms. The number of ether oxygens (including phenoxy) is 1. The van der Waals surface area contributed by atoms with E-state index in [1.165, 1.54) is 104 Å². The predicted molar refractivity (Wildman–Crippen MR) is 330 cm³/mol. The molecule has 0 aliphatic carbocycles. The Hall–Kier alpha value is -4.07. The van der Waals surface area contributed by atoms with Gasteiger partial charge in [0.25, 0.3) is 15.6 Å². The molecule has 1 fully saturated rings. The number of hydrogen-bond acceptors (Lipinski definition) is 23. The van der Waals surface area contributed by atoms with Gasteiger partial charge in [0.2, 0.25) is 11.8 Å². The summed E-state index contributed by atoms with van der Waals surface area (Å²) in [6.07, 6.45) is 42.0. The summed E-state index contributed by atoms with van der Waals surface area (Å²) in [7, 11) is -17.7. The molecule has 6 N–H and O–H groups in total. The smallest absolute Gasteiger partial charge is 0.274 e. The van der Waals surface area contributed by atoms with Crippen LogP contribution < -0.4 is 35.9 Å². The number of hydrogen-bond donors (Lipinski definition) is 5. The lowest BCUT2D eigenvalue weighted by molar-refractivity contribution is -0.347. The number of thioether (sulfide) groups is 1. The summed E-state index contributed by atoms with van der Waals surface area (Å²) < 4.78 is 61.0. The number of anilines is 1. The molecule has 1 saturated heterocycles. The van der Waals surface area contributed by atoms with E-state index >= 15 is 0 Å². The first-order valence-corrected chi connectivity index (χ1v) is 36.1. The number of aliphatic hydroxyl groups is 2. The third-order valence-electron chi connectivity index (χ3n) is 14.1. The Morgan fingerprint density at radius 2 is 1.25 bits per heavy atom. The fourth-order valence-corrected chi connectivity index (χ4v) is 12.6. The zero-order valence-corrected chi connectivity index (χ0v) is 54.8. The Morgan fingerprint density at radius 3 is 1.81 bits per heavy atom. The molecule has 2 aromatic rings. The van der Waals surface area contributed by atoms with Crippen LogP contribution in [0.2, 0.25) is 0 Å². The molecule has 1 aliphatic heterocycles. The molecule has 498 valence electrons. The molecular weight excluding hydrogens is 1220 g/mol. The predicted octanol–water partition coefficient (Wildman–Crippen LogP) is 8.26. The van der Waals surface area contributed by atoms with Crippen molar-refractivity contribution in [2.75, 3.05) is 37.8 Å². The van der Waals surface area contributed by atoms with Crippen LogP contribution in [0.25, 0.3) is 11.2 Å². The number of nitrogen functional groups attached to an aromatic ring is 1. The van der Waals surface area contributed by atoms with E-state index in [4.69, 9.17) is 10.5 Å². The highest BCUT2D eigenvalue weighted by molar-refractivity contribution is 8.13. The second kappa shape index (κ2) is 43.6. The van der Waals surface area contributed by atoms with E-state index in [-0.39, 0.29) is 59.6 Å². The number of carbonyl (C=O) groups is 4. The van der Waals surface area contributed by atoms with Gasteiger partial charge in [-0.05, 0) is 51.4 Å². The first-order valence-electron chi connectivity index (χ1n) is 30.7. The van der Waals surface area contributed by atoms with E-state index in [2.05, 4.69) is 111 Å². The zero-order valence-electron chi connectivity index (χ0n) is 51.3. The Kier molecular flexibility index (Phi) is 38.8. The van der Waals surface area contributed by atoms with Crippen LogP contribution in [0.1, 0.15) is 194 Å². The van der Waals surface area contributed by atoms with Crippen LogP contribution >= 0.6 is 35.2 Å². The highest BCUT2D eigenvalue weighted by Crippen LogP contribution is 2.56. The monoisotopic (exact) mass is 1310 g/mol. The molecule has 25 nitrogen and oxygen atoms in total. The quantitative estimate of drug-likeness (QED) is 0.0180. The van der Waals surface area contributed by atoms with Gasteiger partial charge in [-0.25, -0.2) is 19.3 Å². The van der Waals surface area contributed by atoms with Crippen molar-refractivity contribution >= 4 is 74.9 Å². The van der Waals surface area contributed by atoms with Crippen molar-refractivity contribution < 1.29 is 85.3 Å². The highest BCUT2D eigenvalue weighted by atomic mass is 32.2. The Bertz CT molecular complexity index is 2690. The van der Waals surface area contributed by atoms with Crippen LogP contribution in [-0.2, 0) is 55.5 Å². The number of Topliss-reactive ketones (excluding diaryl/α,β-unsaturated/α-hetero) is 1. The average Bonchev–Trinajstić information content (AvgIpc) is 2.62. The van der Waals surface area contributed by atoms with Gasteiger partial charge in [-0.3, -0.25) is 32.9 Å². The third kappa shape index (κ3) is 34.4. The topological polar surface area (TPSA) is 392 Å². The number of nitrogens with two attached hydrogens (primary N) is 1. The Balaban J connectivity index is 1.13. The standard InChI is InChI=1S/C59H98N7O18P3S/c1-4-5-6-7-8-9-10-11-12-13-14-15-16-17-18-19-20-21-22-23-24-25-26-27-28-29-30-31-32-33-34-35-36-37-47(67)42-50(69)88-41-40-61-49(68)38-39-62-57(72)54(71)59(2,3)44-81-87(78,79)84-86(76,77)80-43-48-53(83-85(73,74)75)52(70)58(82-48)66-46-65-51-55(60)63-45-64-56(51)66/h5-6,8-9,11-12,14-15,17-18,45-46,48,52-54,58,70-71H,4,7,10,13,16,19-44H2,1-3H3,(H,61,68)(H,62,72)(H,76,77)(H,78,79)(H2,60,63,64)(H2,73,74,75)/p-4/b6-5-,9-8-,12-11-,15-14-,18-17-/t48-,52-,53-,54+,58-/m1/s1. The number of phosphoric acid groups is 3. The lowest BCUT2D eigenvalue weighted by atomic mass is 9.87. The van der Waals surface area contributed by atoms with E-state index < -0.39 is 84.6 Å². The molecule has 29 heteroatoms. The number of fused-ring (bicyclic) bond motifs is 1. The molecule has 7 atom stereocenters. The number of nitrogens with one attached hydrogen (secondary N) is 2. The van der Waals surface area contributed by atoms with Gasteiger partial charge in [-0.2, -0.15) is 0 Å². The molecule has 2 unspecified atom stereocenters. The molecule has 0 radical (unpaired) electrons. The first-order chi connectivity index (χ1) is 41.9. The summed E-state index contributed by atoms with van der Waals surface area (Å²) in [5.41, 5.74) is 4.06. The number of aliphatic hydroxyl groups excluding tert-OH is 2. The third-order valence-corrected chi connectivity index (χ3v) is 18.0. The normalized spacial score (nSPS) is 18.6. The molecule has 0 saturated carbocycles. The lowest BCUT2D eigenvalue weighted by Gasteiger charge is -2.36. The number of amides is 2. The number of carbonyl (C=O) groups excluding carboxylic acids is 4. The van der Waals surface area contributed by atoms with Crippen LogP contribution in [0.4, 0.5) is 5.82 Å². The van der Waals surface area contributed by atoms with Crippen molar-refractivity contribution in [2.24, 2.45) is 5.41 Å². The second-order valence-corrected chi connectivity index (χ2v) is 27.4. The minimum Gasteiger partial charge on any atom is -0.790 e. The van der Waals surface area contributed by atoms with Crippen LogP contribution in [0.3, 0.4) is 0 Å². The second-order valence-electron chi connectivity index (χ2n) is 22.2.